The molecular weight excluding hydrogens is 258 g/mol. The molecule has 1 aliphatic heterocycles. The van der Waals surface area contributed by atoms with Crippen molar-refractivity contribution in [2.75, 3.05) is 39.4 Å². The lowest BCUT2D eigenvalue weighted by Gasteiger charge is -2.33. The van der Waals surface area contributed by atoms with Crippen molar-refractivity contribution in [2.24, 2.45) is 5.73 Å². The van der Waals surface area contributed by atoms with Gasteiger partial charge < -0.3 is 20.2 Å². The van der Waals surface area contributed by atoms with E-state index in [1.54, 1.807) is 0 Å². The molecule has 1 atom stereocenters. The highest BCUT2D eigenvalue weighted by Gasteiger charge is 2.25. The zero-order valence-corrected chi connectivity index (χ0v) is 11.9. The Bertz CT molecular complexity index is 427. The Labute approximate surface area is 119 Å². The van der Waals surface area contributed by atoms with Gasteiger partial charge in [0, 0.05) is 32.6 Å². The van der Waals surface area contributed by atoms with Gasteiger partial charge in [-0.25, -0.2) is 0 Å². The van der Waals surface area contributed by atoms with Gasteiger partial charge >= 0.3 is 0 Å². The molecule has 0 aromatic carbocycles. The topological polar surface area (TPSA) is 80.7 Å². The van der Waals surface area contributed by atoms with Crippen LogP contribution in [0.1, 0.15) is 24.0 Å². The number of rotatable bonds is 6. The zero-order valence-electron chi connectivity index (χ0n) is 11.9. The van der Waals surface area contributed by atoms with E-state index in [1.807, 2.05) is 19.1 Å². The first-order chi connectivity index (χ1) is 9.70. The predicted molar refractivity (Wildman–Crippen MR) is 75.3 cm³/mol. The molecule has 2 heterocycles. The highest BCUT2D eigenvalue weighted by molar-refractivity contribution is 5.76. The minimum atomic E-state index is -0.0194. The largest absolute Gasteiger partial charge is 0.465 e. The number of nitrogens with two attached hydrogens (primary N) is 1. The van der Waals surface area contributed by atoms with Crippen LogP contribution in [0.2, 0.25) is 0 Å². The molecular formula is C14H23N3O3. The van der Waals surface area contributed by atoms with Crippen molar-refractivity contribution in [2.45, 2.75) is 19.4 Å². The molecule has 1 aromatic rings. The van der Waals surface area contributed by atoms with Crippen molar-refractivity contribution in [3.8, 4) is 0 Å². The van der Waals surface area contributed by atoms with E-state index in [0.717, 1.165) is 24.6 Å². The summed E-state index contributed by atoms with van der Waals surface area (Å²) < 4.78 is 11.1. The van der Waals surface area contributed by atoms with Crippen LogP contribution in [0, 0.1) is 6.92 Å². The van der Waals surface area contributed by atoms with E-state index in [4.69, 9.17) is 14.9 Å². The summed E-state index contributed by atoms with van der Waals surface area (Å²) >= 11 is 0. The summed E-state index contributed by atoms with van der Waals surface area (Å²) in [6.45, 7) is 5.95. The molecule has 0 radical (unpaired) electrons. The van der Waals surface area contributed by atoms with Gasteiger partial charge in [0.25, 0.3) is 0 Å². The molecule has 20 heavy (non-hydrogen) atoms. The van der Waals surface area contributed by atoms with E-state index in [0.29, 0.717) is 32.7 Å². The van der Waals surface area contributed by atoms with Gasteiger partial charge in [0.2, 0.25) is 5.91 Å². The summed E-state index contributed by atoms with van der Waals surface area (Å²) in [5, 5.41) is 2.93. The maximum absolute atomic E-state index is 11.6. The van der Waals surface area contributed by atoms with E-state index in [9.17, 15) is 4.79 Å². The molecule has 1 unspecified atom stereocenters. The van der Waals surface area contributed by atoms with Gasteiger partial charge in [0.1, 0.15) is 11.5 Å². The second-order valence-corrected chi connectivity index (χ2v) is 4.96. The maximum atomic E-state index is 11.6. The lowest BCUT2D eigenvalue weighted by atomic mass is 10.1. The Kier molecular flexibility index (Phi) is 5.58. The lowest BCUT2D eigenvalue weighted by molar-refractivity contribution is -0.121. The maximum Gasteiger partial charge on any atom is 0.221 e. The highest BCUT2D eigenvalue weighted by atomic mass is 16.5. The smallest absolute Gasteiger partial charge is 0.221 e. The number of furan rings is 1. The van der Waals surface area contributed by atoms with E-state index < -0.39 is 0 Å². The summed E-state index contributed by atoms with van der Waals surface area (Å²) in [4.78, 5) is 13.9. The fourth-order valence-corrected chi connectivity index (χ4v) is 2.36. The Hall–Kier alpha value is -1.37. The van der Waals surface area contributed by atoms with Gasteiger partial charge in [-0.15, -0.1) is 0 Å². The number of amides is 1. The Morgan fingerprint density at radius 1 is 1.45 bits per heavy atom. The van der Waals surface area contributed by atoms with E-state index >= 15 is 0 Å². The van der Waals surface area contributed by atoms with Crippen molar-refractivity contribution in [1.82, 2.24) is 10.2 Å². The third kappa shape index (κ3) is 4.06. The molecule has 0 bridgehead atoms. The van der Waals surface area contributed by atoms with E-state index in [-0.39, 0.29) is 11.9 Å². The molecule has 1 fully saturated rings. The van der Waals surface area contributed by atoms with Crippen molar-refractivity contribution < 1.29 is 13.9 Å². The van der Waals surface area contributed by atoms with Crippen LogP contribution in [0.15, 0.2) is 16.5 Å². The first-order valence-electron chi connectivity index (χ1n) is 7.05. The Balaban J connectivity index is 2.01. The number of morpholine rings is 1. The summed E-state index contributed by atoms with van der Waals surface area (Å²) in [6.07, 6.45) is 0.354. The van der Waals surface area contributed by atoms with Crippen molar-refractivity contribution in [3.05, 3.63) is 23.7 Å². The average Bonchev–Trinajstić information content (AvgIpc) is 2.87. The summed E-state index contributed by atoms with van der Waals surface area (Å²) in [6, 6.07) is 3.98. The normalized spacial score (nSPS) is 17.9. The molecule has 0 aliphatic carbocycles. The Morgan fingerprint density at radius 3 is 2.80 bits per heavy atom. The second kappa shape index (κ2) is 7.42. The fourth-order valence-electron chi connectivity index (χ4n) is 2.36. The molecule has 1 amide bonds. The van der Waals surface area contributed by atoms with Crippen LogP contribution in [0.3, 0.4) is 0 Å². The van der Waals surface area contributed by atoms with Crippen LogP contribution in [0.4, 0.5) is 0 Å². The predicted octanol–water partition coefficient (Wildman–Crippen LogP) is 0.426. The highest BCUT2D eigenvalue weighted by Crippen LogP contribution is 2.23. The third-order valence-electron chi connectivity index (χ3n) is 3.44. The molecule has 3 N–H and O–H groups in total. The van der Waals surface area contributed by atoms with Gasteiger partial charge in [-0.2, -0.15) is 0 Å². The number of carbonyl (C=O) groups excluding carboxylic acids is 1. The Morgan fingerprint density at radius 2 is 2.20 bits per heavy atom. The van der Waals surface area contributed by atoms with Crippen LogP contribution in [0.25, 0.3) is 0 Å². The first kappa shape index (κ1) is 15.0. The monoisotopic (exact) mass is 281 g/mol. The minimum absolute atomic E-state index is 0.0194. The number of nitrogens with one attached hydrogen (secondary N) is 1. The molecule has 2 rings (SSSR count). The van der Waals surface area contributed by atoms with Crippen LogP contribution < -0.4 is 11.1 Å². The summed E-state index contributed by atoms with van der Waals surface area (Å²) in [7, 11) is 0. The number of hydrogen-bond donors (Lipinski definition) is 2. The van der Waals surface area contributed by atoms with Crippen molar-refractivity contribution in [1.29, 1.82) is 0 Å². The number of ether oxygens (including phenoxy) is 1. The lowest BCUT2D eigenvalue weighted by Crippen LogP contribution is -2.43. The molecule has 112 valence electrons. The standard InChI is InChI=1S/C14H23N3O3/c1-11-2-3-13(20-11)12(10-16-14(18)4-5-15)17-6-8-19-9-7-17/h2-3,12H,4-10,15H2,1H3,(H,16,18). The minimum Gasteiger partial charge on any atom is -0.465 e. The van der Waals surface area contributed by atoms with E-state index in [2.05, 4.69) is 10.2 Å². The molecule has 1 aromatic heterocycles. The summed E-state index contributed by atoms with van der Waals surface area (Å²) in [5.74, 6) is 1.75. The quantitative estimate of drug-likeness (QED) is 0.790. The van der Waals surface area contributed by atoms with Crippen LogP contribution in [0.5, 0.6) is 0 Å². The molecule has 1 aliphatic rings. The summed E-state index contributed by atoms with van der Waals surface area (Å²) in [5.41, 5.74) is 5.39. The molecule has 6 nitrogen and oxygen atoms in total. The molecule has 6 heteroatoms. The number of carbonyl (C=O) groups is 1. The third-order valence-corrected chi connectivity index (χ3v) is 3.44. The van der Waals surface area contributed by atoms with Crippen LogP contribution in [-0.4, -0.2) is 50.2 Å². The zero-order chi connectivity index (χ0) is 14.4. The SMILES string of the molecule is Cc1ccc(C(CNC(=O)CCN)N2CCOCC2)o1. The van der Waals surface area contributed by atoms with Gasteiger partial charge in [-0.05, 0) is 19.1 Å². The van der Waals surface area contributed by atoms with Crippen molar-refractivity contribution >= 4 is 5.91 Å². The van der Waals surface area contributed by atoms with Crippen molar-refractivity contribution in [3.63, 3.8) is 0 Å². The average molecular weight is 281 g/mol. The molecule has 0 spiro atoms. The van der Waals surface area contributed by atoms with Gasteiger partial charge in [0.05, 0.1) is 19.3 Å². The van der Waals surface area contributed by atoms with Gasteiger partial charge in [-0.3, -0.25) is 9.69 Å². The van der Waals surface area contributed by atoms with Crippen LogP contribution >= 0.6 is 0 Å². The fraction of sp³-hybridized carbons (Fsp3) is 0.643. The van der Waals surface area contributed by atoms with Gasteiger partial charge in [0.15, 0.2) is 0 Å². The molecule has 1 saturated heterocycles. The van der Waals surface area contributed by atoms with Crippen LogP contribution in [-0.2, 0) is 9.53 Å². The molecule has 0 saturated carbocycles. The van der Waals surface area contributed by atoms with E-state index in [1.165, 1.54) is 0 Å². The number of nitrogens with zero attached hydrogens (tertiary/aromatic N) is 1. The second-order valence-electron chi connectivity index (χ2n) is 4.96. The number of aryl methyl sites for hydroxylation is 1. The number of hydrogen-bond acceptors (Lipinski definition) is 5. The first-order valence-corrected chi connectivity index (χ1v) is 7.05. The van der Waals surface area contributed by atoms with Gasteiger partial charge in [-0.1, -0.05) is 0 Å².